The summed E-state index contributed by atoms with van der Waals surface area (Å²) in [6.45, 7) is 2.90. The van der Waals surface area contributed by atoms with Gasteiger partial charge in [0.2, 0.25) is 5.95 Å². The summed E-state index contributed by atoms with van der Waals surface area (Å²) in [5.41, 5.74) is 0. The summed E-state index contributed by atoms with van der Waals surface area (Å²) in [4.78, 5) is 8.23. The third-order valence-corrected chi connectivity index (χ3v) is 4.39. The number of halogens is 1. The molecule has 1 aromatic rings. The fraction of sp³-hybridized carbons (Fsp3) is 0.692. The maximum absolute atomic E-state index is 13.7. The van der Waals surface area contributed by atoms with Crippen molar-refractivity contribution in [1.82, 2.24) is 9.97 Å². The van der Waals surface area contributed by atoms with Crippen molar-refractivity contribution in [3.8, 4) is 0 Å². The molecule has 18 heavy (non-hydrogen) atoms. The number of hydrogen-bond donors (Lipinski definition) is 1. The normalized spacial score (nSPS) is 16.8. The Kier molecular flexibility index (Phi) is 5.23. The summed E-state index contributed by atoms with van der Waals surface area (Å²) in [5.74, 6) is 0.240. The van der Waals surface area contributed by atoms with Crippen LogP contribution >= 0.6 is 11.8 Å². The second-order valence-corrected chi connectivity index (χ2v) is 5.94. The van der Waals surface area contributed by atoms with Crippen molar-refractivity contribution in [3.63, 3.8) is 0 Å². The van der Waals surface area contributed by atoms with Gasteiger partial charge in [0.25, 0.3) is 0 Å². The van der Waals surface area contributed by atoms with E-state index in [-0.39, 0.29) is 5.82 Å². The van der Waals surface area contributed by atoms with Crippen LogP contribution in [0.5, 0.6) is 0 Å². The topological polar surface area (TPSA) is 37.8 Å². The zero-order valence-electron chi connectivity index (χ0n) is 10.8. The molecule has 1 aromatic heterocycles. The Morgan fingerprint density at radius 1 is 1.39 bits per heavy atom. The van der Waals surface area contributed by atoms with Crippen molar-refractivity contribution in [1.29, 1.82) is 0 Å². The van der Waals surface area contributed by atoms with Gasteiger partial charge in [-0.05, 0) is 19.3 Å². The van der Waals surface area contributed by atoms with E-state index in [1.165, 1.54) is 38.3 Å². The van der Waals surface area contributed by atoms with E-state index in [0.717, 1.165) is 13.0 Å². The summed E-state index contributed by atoms with van der Waals surface area (Å²) >= 11 is 1.57. The highest BCUT2D eigenvalue weighted by atomic mass is 32.2. The van der Waals surface area contributed by atoms with Gasteiger partial charge < -0.3 is 5.32 Å². The van der Waals surface area contributed by atoms with Crippen LogP contribution in [0, 0.1) is 5.82 Å². The van der Waals surface area contributed by atoms with E-state index in [0.29, 0.717) is 16.2 Å². The smallest absolute Gasteiger partial charge is 0.223 e. The minimum atomic E-state index is -0.298. The molecular weight excluding hydrogens is 249 g/mol. The summed E-state index contributed by atoms with van der Waals surface area (Å²) in [6.07, 6.45) is 8.45. The highest BCUT2D eigenvalue weighted by molar-refractivity contribution is 7.99. The van der Waals surface area contributed by atoms with Gasteiger partial charge in [-0.25, -0.2) is 14.4 Å². The van der Waals surface area contributed by atoms with Gasteiger partial charge >= 0.3 is 0 Å². The fourth-order valence-electron chi connectivity index (χ4n) is 2.10. The minimum Gasteiger partial charge on any atom is -0.354 e. The lowest BCUT2D eigenvalue weighted by atomic mass is 10.0. The Hall–Kier alpha value is -0.840. The highest BCUT2D eigenvalue weighted by Crippen LogP contribution is 2.33. The molecular formula is C13H20FN3S. The number of aromatic nitrogens is 2. The van der Waals surface area contributed by atoms with Gasteiger partial charge in [0.1, 0.15) is 5.03 Å². The van der Waals surface area contributed by atoms with E-state index >= 15 is 0 Å². The zero-order chi connectivity index (χ0) is 12.8. The number of anilines is 1. The van der Waals surface area contributed by atoms with E-state index in [4.69, 9.17) is 0 Å². The molecule has 100 valence electrons. The third kappa shape index (κ3) is 3.83. The van der Waals surface area contributed by atoms with Crippen LogP contribution < -0.4 is 5.32 Å². The SMILES string of the molecule is CCCNc1ncc(F)c(SC2CCCCC2)n1. The predicted molar refractivity (Wildman–Crippen MR) is 73.5 cm³/mol. The lowest BCUT2D eigenvalue weighted by molar-refractivity contribution is 0.513. The first-order valence-electron chi connectivity index (χ1n) is 6.72. The molecule has 0 spiro atoms. The fourth-order valence-corrected chi connectivity index (χ4v) is 3.29. The molecule has 0 saturated heterocycles. The standard InChI is InChI=1S/C13H20FN3S/c1-2-8-15-13-16-9-11(14)12(17-13)18-10-6-4-3-5-7-10/h9-10H,2-8H2,1H3,(H,15,16,17). The summed E-state index contributed by atoms with van der Waals surface area (Å²) in [5, 5.41) is 4.11. The molecule has 1 aliphatic carbocycles. The van der Waals surface area contributed by atoms with E-state index in [1.54, 1.807) is 11.8 Å². The third-order valence-electron chi connectivity index (χ3n) is 3.08. The molecule has 1 aliphatic rings. The first-order chi connectivity index (χ1) is 8.79. The van der Waals surface area contributed by atoms with E-state index in [9.17, 15) is 4.39 Å². The van der Waals surface area contributed by atoms with Gasteiger partial charge in [-0.1, -0.05) is 37.9 Å². The van der Waals surface area contributed by atoms with Crippen LogP contribution in [-0.2, 0) is 0 Å². The Bertz CT molecular complexity index is 380. The molecule has 0 bridgehead atoms. The van der Waals surface area contributed by atoms with Crippen molar-refractivity contribution >= 4 is 17.7 Å². The Morgan fingerprint density at radius 2 is 2.17 bits per heavy atom. The van der Waals surface area contributed by atoms with Gasteiger partial charge in [0.15, 0.2) is 5.82 Å². The van der Waals surface area contributed by atoms with Crippen LogP contribution in [0.4, 0.5) is 10.3 Å². The number of nitrogens with zero attached hydrogens (tertiary/aromatic N) is 2. The van der Waals surface area contributed by atoms with Crippen LogP contribution in [0.3, 0.4) is 0 Å². The zero-order valence-corrected chi connectivity index (χ0v) is 11.6. The molecule has 0 radical (unpaired) electrons. The van der Waals surface area contributed by atoms with Crippen LogP contribution in [0.2, 0.25) is 0 Å². The molecule has 0 aromatic carbocycles. The average molecular weight is 269 g/mol. The maximum Gasteiger partial charge on any atom is 0.223 e. The summed E-state index contributed by atoms with van der Waals surface area (Å²) in [6, 6.07) is 0. The number of thioether (sulfide) groups is 1. The number of nitrogens with one attached hydrogen (secondary N) is 1. The number of rotatable bonds is 5. The van der Waals surface area contributed by atoms with Gasteiger partial charge in [-0.15, -0.1) is 0 Å². The van der Waals surface area contributed by atoms with Gasteiger partial charge in [0.05, 0.1) is 6.20 Å². The van der Waals surface area contributed by atoms with Crippen LogP contribution in [0.1, 0.15) is 45.4 Å². The van der Waals surface area contributed by atoms with Crippen molar-refractivity contribution in [2.45, 2.75) is 55.7 Å². The first kappa shape index (κ1) is 13.6. The molecule has 1 N–H and O–H groups in total. The second-order valence-electron chi connectivity index (χ2n) is 4.65. The Balaban J connectivity index is 2.00. The molecule has 0 atom stereocenters. The van der Waals surface area contributed by atoms with E-state index in [1.807, 2.05) is 0 Å². The lowest BCUT2D eigenvalue weighted by Gasteiger charge is -2.20. The molecule has 2 rings (SSSR count). The largest absolute Gasteiger partial charge is 0.354 e. The average Bonchev–Trinajstić information content (AvgIpc) is 2.41. The van der Waals surface area contributed by atoms with Gasteiger partial charge in [0, 0.05) is 11.8 Å². The van der Waals surface area contributed by atoms with Crippen molar-refractivity contribution in [3.05, 3.63) is 12.0 Å². The highest BCUT2D eigenvalue weighted by Gasteiger charge is 2.18. The molecule has 1 fully saturated rings. The summed E-state index contributed by atoms with van der Waals surface area (Å²) in [7, 11) is 0. The molecule has 0 unspecified atom stereocenters. The predicted octanol–water partition coefficient (Wildman–Crippen LogP) is 3.86. The lowest BCUT2D eigenvalue weighted by Crippen LogP contribution is -2.10. The molecule has 0 amide bonds. The Labute approximate surface area is 112 Å². The van der Waals surface area contributed by atoms with Crippen molar-refractivity contribution in [2.24, 2.45) is 0 Å². The second kappa shape index (κ2) is 6.92. The van der Waals surface area contributed by atoms with Crippen LogP contribution in [0.15, 0.2) is 11.2 Å². The molecule has 1 saturated carbocycles. The first-order valence-corrected chi connectivity index (χ1v) is 7.60. The van der Waals surface area contributed by atoms with Gasteiger partial charge in [-0.3, -0.25) is 0 Å². The Morgan fingerprint density at radius 3 is 2.89 bits per heavy atom. The number of hydrogen-bond acceptors (Lipinski definition) is 4. The molecule has 5 heteroatoms. The minimum absolute atomic E-state index is 0.298. The molecule has 1 heterocycles. The van der Waals surface area contributed by atoms with E-state index < -0.39 is 0 Å². The van der Waals surface area contributed by atoms with Crippen molar-refractivity contribution < 1.29 is 4.39 Å². The maximum atomic E-state index is 13.7. The quantitative estimate of drug-likeness (QED) is 0.824. The molecule has 0 aliphatic heterocycles. The van der Waals surface area contributed by atoms with E-state index in [2.05, 4.69) is 22.2 Å². The van der Waals surface area contributed by atoms with Gasteiger partial charge in [-0.2, -0.15) is 0 Å². The van der Waals surface area contributed by atoms with Crippen LogP contribution in [-0.4, -0.2) is 21.8 Å². The summed E-state index contributed by atoms with van der Waals surface area (Å²) < 4.78 is 13.7. The van der Waals surface area contributed by atoms with Crippen LogP contribution in [0.25, 0.3) is 0 Å². The van der Waals surface area contributed by atoms with Crippen molar-refractivity contribution in [2.75, 3.05) is 11.9 Å². The monoisotopic (exact) mass is 269 g/mol. The molecule has 3 nitrogen and oxygen atoms in total.